The maximum Gasteiger partial charge on any atom is 0.303 e. The zero-order chi connectivity index (χ0) is 38.4. The molecule has 0 aliphatic carbocycles. The van der Waals surface area contributed by atoms with E-state index >= 15 is 0 Å². The number of aliphatic hydroxyl groups is 1. The van der Waals surface area contributed by atoms with Gasteiger partial charge in [-0.25, -0.2) is 0 Å². The SMILES string of the molecule is C[C@H]1[C@@H](CN2CCC3(CC2)C(=O)NCN3c2ccccc2)O[C@@H](c2cccc(-c3cccc(CNC(=O)CCCC(=O)O)c3)c2)O[C@H]1c1ccc(CO)cc1. The van der Waals surface area contributed by atoms with Crippen molar-refractivity contribution >= 4 is 23.5 Å². The number of ether oxygens (including phenoxy) is 2. The van der Waals surface area contributed by atoms with Crippen molar-refractivity contribution in [3.63, 3.8) is 0 Å². The van der Waals surface area contributed by atoms with Crippen LogP contribution in [-0.4, -0.2) is 70.8 Å². The highest BCUT2D eigenvalue weighted by Crippen LogP contribution is 2.43. The van der Waals surface area contributed by atoms with Crippen LogP contribution in [0.4, 0.5) is 5.69 Å². The van der Waals surface area contributed by atoms with E-state index in [1.54, 1.807) is 0 Å². The van der Waals surface area contributed by atoms with Crippen LogP contribution in [0, 0.1) is 5.92 Å². The first kappa shape index (κ1) is 38.2. The third-order valence-corrected chi connectivity index (χ3v) is 11.4. The number of carbonyl (C=O) groups excluding carboxylic acids is 2. The molecule has 4 aromatic carbocycles. The molecule has 11 heteroatoms. The van der Waals surface area contributed by atoms with Crippen LogP contribution in [-0.2, 0) is 37.0 Å². The Labute approximate surface area is 322 Å². The lowest BCUT2D eigenvalue weighted by Gasteiger charge is -2.46. The normalized spacial score (nSPS) is 22.4. The van der Waals surface area contributed by atoms with Crippen LogP contribution in [0.25, 0.3) is 11.1 Å². The minimum Gasteiger partial charge on any atom is -0.481 e. The molecule has 3 saturated heterocycles. The summed E-state index contributed by atoms with van der Waals surface area (Å²) in [5.41, 5.74) is 6.15. The summed E-state index contributed by atoms with van der Waals surface area (Å²) in [4.78, 5) is 41.1. The number of rotatable bonds is 13. The summed E-state index contributed by atoms with van der Waals surface area (Å²) in [5.74, 6) is -0.967. The summed E-state index contributed by atoms with van der Waals surface area (Å²) in [6, 6.07) is 34.2. The Morgan fingerprint density at radius 1 is 0.855 bits per heavy atom. The van der Waals surface area contributed by atoms with E-state index in [2.05, 4.69) is 45.6 Å². The van der Waals surface area contributed by atoms with Crippen LogP contribution in [0.5, 0.6) is 0 Å². The average Bonchev–Trinajstić information content (AvgIpc) is 3.53. The molecule has 0 aromatic heterocycles. The molecule has 3 aliphatic rings. The predicted molar refractivity (Wildman–Crippen MR) is 209 cm³/mol. The first-order valence-corrected chi connectivity index (χ1v) is 19.2. The van der Waals surface area contributed by atoms with Crippen LogP contribution >= 0.6 is 0 Å². The Kier molecular flexibility index (Phi) is 11.9. The van der Waals surface area contributed by atoms with Gasteiger partial charge in [-0.3, -0.25) is 14.4 Å². The molecule has 4 N–H and O–H groups in total. The number of hydrogen-bond donors (Lipinski definition) is 4. The summed E-state index contributed by atoms with van der Waals surface area (Å²) in [7, 11) is 0. The van der Waals surface area contributed by atoms with Crippen LogP contribution in [0.1, 0.15) is 73.7 Å². The molecule has 3 aliphatic heterocycles. The fraction of sp³-hybridized carbons (Fsp3) is 0.386. The van der Waals surface area contributed by atoms with Gasteiger partial charge in [0.2, 0.25) is 11.8 Å². The highest BCUT2D eigenvalue weighted by Gasteiger charge is 2.51. The molecule has 3 fully saturated rings. The Hall–Kier alpha value is -5.07. The van der Waals surface area contributed by atoms with Crippen molar-refractivity contribution in [3.05, 3.63) is 125 Å². The minimum absolute atomic E-state index is 0.0157. The van der Waals surface area contributed by atoms with Gasteiger partial charge in [0.1, 0.15) is 5.54 Å². The third-order valence-electron chi connectivity index (χ3n) is 11.4. The van der Waals surface area contributed by atoms with Gasteiger partial charge in [-0.2, -0.15) is 0 Å². The topological polar surface area (TPSA) is 141 Å². The van der Waals surface area contributed by atoms with Gasteiger partial charge >= 0.3 is 5.97 Å². The lowest BCUT2D eigenvalue weighted by atomic mass is 9.84. The number of hydrogen-bond acceptors (Lipinski definition) is 8. The van der Waals surface area contributed by atoms with Crippen molar-refractivity contribution < 1.29 is 34.1 Å². The second kappa shape index (κ2) is 17.2. The molecule has 0 saturated carbocycles. The smallest absolute Gasteiger partial charge is 0.303 e. The summed E-state index contributed by atoms with van der Waals surface area (Å²) in [6.07, 6.45) is 0.825. The molecule has 4 atom stereocenters. The predicted octanol–water partition coefficient (Wildman–Crippen LogP) is 5.94. The number of carbonyl (C=O) groups is 3. The molecule has 11 nitrogen and oxygen atoms in total. The Bertz CT molecular complexity index is 1950. The Morgan fingerprint density at radius 3 is 2.31 bits per heavy atom. The first-order valence-electron chi connectivity index (χ1n) is 19.2. The van der Waals surface area contributed by atoms with E-state index < -0.39 is 17.8 Å². The van der Waals surface area contributed by atoms with E-state index in [1.165, 1.54) is 0 Å². The van der Waals surface area contributed by atoms with Crippen molar-refractivity contribution in [1.29, 1.82) is 0 Å². The number of benzene rings is 4. The van der Waals surface area contributed by atoms with E-state index in [9.17, 15) is 19.5 Å². The van der Waals surface area contributed by atoms with E-state index in [0.717, 1.165) is 65.0 Å². The minimum atomic E-state index is -0.907. The van der Waals surface area contributed by atoms with Crippen molar-refractivity contribution in [1.82, 2.24) is 15.5 Å². The standard InChI is InChI=1S/C44H50N4O7/c1-30-38(27-47-22-20-44(21-23-47)43(53)46-29-48(44)37-12-3-2-4-13-37)54-42(55-41(30)33-18-16-31(28-49)17-19-33)36-11-6-10-35(25-36)34-9-5-8-32(24-34)26-45-39(50)14-7-15-40(51)52/h2-6,8-13,16-19,24-25,30,38,41-42,49H,7,14-15,20-23,26-29H2,1H3,(H,45,50)(H,46,53)(H,51,52)/t30-,38+,41+,42+/m0/s1. The molecule has 2 amide bonds. The fourth-order valence-corrected chi connectivity index (χ4v) is 8.14. The van der Waals surface area contributed by atoms with Crippen LogP contribution in [0.2, 0.25) is 0 Å². The number of nitrogens with zero attached hydrogens (tertiary/aromatic N) is 2. The highest BCUT2D eigenvalue weighted by molar-refractivity contribution is 5.93. The number of amides is 2. The number of anilines is 1. The molecular formula is C44H50N4O7. The summed E-state index contributed by atoms with van der Waals surface area (Å²) < 4.78 is 13.7. The number of aliphatic carboxylic acids is 1. The molecule has 0 bridgehead atoms. The van der Waals surface area contributed by atoms with Crippen molar-refractivity contribution in [2.24, 2.45) is 5.92 Å². The fourth-order valence-electron chi connectivity index (χ4n) is 8.14. The van der Waals surface area contributed by atoms with Gasteiger partial charge in [0.05, 0.1) is 25.5 Å². The number of likely N-dealkylation sites (tertiary alicyclic amines) is 1. The lowest BCUT2D eigenvalue weighted by Crippen LogP contribution is -2.57. The van der Waals surface area contributed by atoms with Crippen LogP contribution in [0.15, 0.2) is 103 Å². The second-order valence-electron chi connectivity index (χ2n) is 14.9. The van der Waals surface area contributed by atoms with Gasteiger partial charge in [-0.05, 0) is 71.3 Å². The Morgan fingerprint density at radius 2 is 1.58 bits per heavy atom. The zero-order valence-electron chi connectivity index (χ0n) is 31.2. The van der Waals surface area contributed by atoms with E-state index in [0.29, 0.717) is 26.2 Å². The number of nitrogens with one attached hydrogen (secondary N) is 2. The van der Waals surface area contributed by atoms with Gasteiger partial charge in [0.25, 0.3) is 0 Å². The van der Waals surface area contributed by atoms with Gasteiger partial charge in [0.15, 0.2) is 6.29 Å². The maximum atomic E-state index is 13.3. The van der Waals surface area contributed by atoms with Gasteiger partial charge in [0, 0.05) is 56.2 Å². The molecular weight excluding hydrogens is 697 g/mol. The van der Waals surface area contributed by atoms with E-state index in [4.69, 9.17) is 14.6 Å². The number of piperidine rings is 1. The summed E-state index contributed by atoms with van der Waals surface area (Å²) >= 11 is 0. The Balaban J connectivity index is 1.07. The van der Waals surface area contributed by atoms with Crippen molar-refractivity contribution in [2.75, 3.05) is 31.2 Å². The monoisotopic (exact) mass is 746 g/mol. The maximum absolute atomic E-state index is 13.3. The quantitative estimate of drug-likeness (QED) is 0.131. The van der Waals surface area contributed by atoms with Crippen LogP contribution in [0.3, 0.4) is 0 Å². The van der Waals surface area contributed by atoms with Gasteiger partial charge < -0.3 is 40.1 Å². The first-order chi connectivity index (χ1) is 26.7. The molecule has 7 rings (SSSR count). The molecule has 288 valence electrons. The lowest BCUT2D eigenvalue weighted by molar-refractivity contribution is -0.276. The summed E-state index contributed by atoms with van der Waals surface area (Å²) in [6.45, 7) is 5.22. The van der Waals surface area contributed by atoms with Crippen LogP contribution < -0.4 is 15.5 Å². The second-order valence-corrected chi connectivity index (χ2v) is 14.9. The average molecular weight is 747 g/mol. The number of para-hydroxylation sites is 1. The number of aliphatic hydroxyl groups excluding tert-OH is 1. The molecule has 0 radical (unpaired) electrons. The molecule has 3 heterocycles. The summed E-state index contributed by atoms with van der Waals surface area (Å²) in [5, 5.41) is 24.6. The third kappa shape index (κ3) is 8.76. The largest absolute Gasteiger partial charge is 0.481 e. The molecule has 1 spiro atoms. The molecule has 55 heavy (non-hydrogen) atoms. The number of carboxylic acid groups (broad SMARTS) is 1. The van der Waals surface area contributed by atoms with Crippen molar-refractivity contribution in [2.45, 2.75) is 76.2 Å². The van der Waals surface area contributed by atoms with Gasteiger partial charge in [-0.1, -0.05) is 85.8 Å². The van der Waals surface area contributed by atoms with Crippen molar-refractivity contribution in [3.8, 4) is 11.1 Å². The highest BCUT2D eigenvalue weighted by atomic mass is 16.7. The molecule has 4 aromatic rings. The molecule has 0 unspecified atom stereocenters. The van der Waals surface area contributed by atoms with E-state index in [-0.39, 0.29) is 49.4 Å². The number of carboxylic acids is 1. The zero-order valence-corrected chi connectivity index (χ0v) is 31.2. The van der Waals surface area contributed by atoms with Gasteiger partial charge in [-0.15, -0.1) is 0 Å². The van der Waals surface area contributed by atoms with E-state index in [1.807, 2.05) is 84.9 Å².